The lowest BCUT2D eigenvalue weighted by Crippen LogP contribution is -2.43. The molecular weight excluding hydrogens is 362 g/mol. The Bertz CT molecular complexity index is 566. The highest BCUT2D eigenvalue weighted by Crippen LogP contribution is 2.61. The molecule has 26 heavy (non-hydrogen) atoms. The van der Waals surface area contributed by atoms with Crippen LogP contribution in [0.4, 0.5) is 4.79 Å². The van der Waals surface area contributed by atoms with Crippen molar-refractivity contribution in [3.63, 3.8) is 0 Å². The third-order valence-corrected chi connectivity index (χ3v) is 6.06. The minimum atomic E-state index is -0.808. The van der Waals surface area contributed by atoms with Gasteiger partial charge < -0.3 is 18.9 Å². The van der Waals surface area contributed by atoms with Gasteiger partial charge in [0.25, 0.3) is 0 Å². The topological polar surface area (TPSA) is 89.7 Å². The normalized spacial score (nSPS) is 40.7. The first-order valence-corrected chi connectivity index (χ1v) is 9.70. The summed E-state index contributed by atoms with van der Waals surface area (Å²) in [4.78, 5) is 23.2. The van der Waals surface area contributed by atoms with Crippen LogP contribution in [0.3, 0.4) is 0 Å². The van der Waals surface area contributed by atoms with Crippen molar-refractivity contribution in [2.45, 2.75) is 69.5 Å². The average Bonchev–Trinajstić information content (AvgIpc) is 3.44. The molecule has 1 saturated carbocycles. The summed E-state index contributed by atoms with van der Waals surface area (Å²) in [5.41, 5.74) is -0.712. The van der Waals surface area contributed by atoms with E-state index in [1.165, 1.54) is 0 Å². The first-order valence-electron chi connectivity index (χ1n) is 9.16. The number of rotatable bonds is 7. The van der Waals surface area contributed by atoms with Crippen LogP contribution in [-0.2, 0) is 23.7 Å². The molecule has 2 saturated heterocycles. The lowest BCUT2D eigenvalue weighted by atomic mass is 9.80. The van der Waals surface area contributed by atoms with E-state index in [-0.39, 0.29) is 35.2 Å². The summed E-state index contributed by atoms with van der Waals surface area (Å²) < 4.78 is 23.1. The Balaban J connectivity index is 1.67. The summed E-state index contributed by atoms with van der Waals surface area (Å²) in [7, 11) is 1.60. The Labute approximate surface area is 159 Å². The van der Waals surface area contributed by atoms with E-state index in [0.717, 1.165) is 12.8 Å². The molecule has 0 aromatic carbocycles. The quantitative estimate of drug-likeness (QED) is 0.530. The van der Waals surface area contributed by atoms with Crippen LogP contribution < -0.4 is 5.32 Å². The van der Waals surface area contributed by atoms with Gasteiger partial charge in [-0.05, 0) is 25.7 Å². The van der Waals surface area contributed by atoms with Crippen LogP contribution in [0.1, 0.15) is 40.0 Å². The molecule has 8 heteroatoms. The SMILES string of the molecule is CO[C@@H]1[C@H](OC(=O)NC(=O)CCl)C[C@]2(CO2)[C@H]1[C@]1(C)O[C@@H]1CCC(C)C. The molecule has 2 aliphatic heterocycles. The van der Waals surface area contributed by atoms with Crippen LogP contribution in [-0.4, -0.2) is 61.1 Å². The number of imide groups is 1. The molecule has 0 aromatic rings. The third-order valence-electron chi connectivity index (χ3n) is 5.82. The maximum absolute atomic E-state index is 11.9. The van der Waals surface area contributed by atoms with Crippen molar-refractivity contribution in [3.05, 3.63) is 0 Å². The highest BCUT2D eigenvalue weighted by atomic mass is 35.5. The van der Waals surface area contributed by atoms with Gasteiger partial charge in [0.15, 0.2) is 0 Å². The molecule has 3 rings (SSSR count). The van der Waals surface area contributed by atoms with Gasteiger partial charge in [0.05, 0.1) is 18.6 Å². The van der Waals surface area contributed by atoms with Gasteiger partial charge in [-0.1, -0.05) is 13.8 Å². The van der Waals surface area contributed by atoms with Crippen LogP contribution in [0.2, 0.25) is 0 Å². The van der Waals surface area contributed by atoms with E-state index in [1.54, 1.807) is 7.11 Å². The Morgan fingerprint density at radius 1 is 1.38 bits per heavy atom. The summed E-state index contributed by atoms with van der Waals surface area (Å²) in [6, 6.07) is 0. The summed E-state index contributed by atoms with van der Waals surface area (Å²) in [6.45, 7) is 7.10. The van der Waals surface area contributed by atoms with E-state index >= 15 is 0 Å². The van der Waals surface area contributed by atoms with Gasteiger partial charge >= 0.3 is 6.09 Å². The molecule has 0 unspecified atom stereocenters. The summed E-state index contributed by atoms with van der Waals surface area (Å²) >= 11 is 5.40. The van der Waals surface area contributed by atoms with Gasteiger partial charge in [-0.2, -0.15) is 0 Å². The van der Waals surface area contributed by atoms with E-state index in [2.05, 4.69) is 26.1 Å². The number of ether oxygens (including phenoxy) is 4. The van der Waals surface area contributed by atoms with Crippen LogP contribution in [0, 0.1) is 11.8 Å². The molecule has 0 aromatic heterocycles. The Kier molecular flexibility index (Phi) is 5.55. The number of hydrogen-bond donors (Lipinski definition) is 1. The minimum absolute atomic E-state index is 0.0151. The van der Waals surface area contributed by atoms with Crippen molar-refractivity contribution in [1.29, 1.82) is 0 Å². The lowest BCUT2D eigenvalue weighted by molar-refractivity contribution is -0.118. The number of hydrogen-bond acceptors (Lipinski definition) is 6. The second kappa shape index (κ2) is 7.26. The average molecular weight is 390 g/mol. The van der Waals surface area contributed by atoms with Crippen molar-refractivity contribution < 1.29 is 28.5 Å². The van der Waals surface area contributed by atoms with Crippen molar-refractivity contribution >= 4 is 23.6 Å². The molecule has 0 radical (unpaired) electrons. The number of amides is 2. The molecule has 3 aliphatic rings. The molecule has 7 nitrogen and oxygen atoms in total. The molecular formula is C18H28ClNO6. The number of halogens is 1. The van der Waals surface area contributed by atoms with Crippen LogP contribution in [0.5, 0.6) is 0 Å². The highest BCUT2D eigenvalue weighted by molar-refractivity contribution is 6.28. The van der Waals surface area contributed by atoms with Gasteiger partial charge in [0.1, 0.15) is 29.3 Å². The number of carbonyl (C=O) groups is 2. The molecule has 1 N–H and O–H groups in total. The van der Waals surface area contributed by atoms with Crippen LogP contribution >= 0.6 is 11.6 Å². The fraction of sp³-hybridized carbons (Fsp3) is 0.889. The Morgan fingerprint density at radius 2 is 2.08 bits per heavy atom. The Morgan fingerprint density at radius 3 is 2.62 bits per heavy atom. The predicted molar refractivity (Wildman–Crippen MR) is 94.1 cm³/mol. The summed E-state index contributed by atoms with van der Waals surface area (Å²) in [6.07, 6.45) is 1.14. The zero-order valence-corrected chi connectivity index (χ0v) is 16.5. The number of epoxide rings is 2. The van der Waals surface area contributed by atoms with Crippen molar-refractivity contribution in [2.24, 2.45) is 11.8 Å². The van der Waals surface area contributed by atoms with Crippen molar-refractivity contribution in [1.82, 2.24) is 5.32 Å². The van der Waals surface area contributed by atoms with E-state index < -0.39 is 18.1 Å². The van der Waals surface area contributed by atoms with E-state index in [4.69, 9.17) is 30.5 Å². The van der Waals surface area contributed by atoms with Crippen LogP contribution in [0.25, 0.3) is 0 Å². The number of alkyl halides is 1. The van der Waals surface area contributed by atoms with E-state index in [1.807, 2.05) is 0 Å². The second-order valence-electron chi connectivity index (χ2n) is 8.12. The number of methoxy groups -OCH3 is 1. The number of carbonyl (C=O) groups excluding carboxylic acids is 2. The van der Waals surface area contributed by atoms with Gasteiger partial charge in [0, 0.05) is 13.5 Å². The van der Waals surface area contributed by atoms with Gasteiger partial charge in [-0.3, -0.25) is 10.1 Å². The molecule has 6 atom stereocenters. The summed E-state index contributed by atoms with van der Waals surface area (Å²) in [5, 5.41) is 2.10. The lowest BCUT2D eigenvalue weighted by Gasteiger charge is -2.27. The zero-order chi connectivity index (χ0) is 19.1. The highest BCUT2D eigenvalue weighted by Gasteiger charge is 2.75. The van der Waals surface area contributed by atoms with Gasteiger partial charge in [-0.15, -0.1) is 11.6 Å². The van der Waals surface area contributed by atoms with E-state index in [0.29, 0.717) is 18.9 Å². The molecule has 2 heterocycles. The second-order valence-corrected chi connectivity index (χ2v) is 8.39. The maximum atomic E-state index is 11.9. The molecule has 3 fully saturated rings. The first-order chi connectivity index (χ1) is 12.3. The number of alkyl carbamates (subject to hydrolysis) is 1. The van der Waals surface area contributed by atoms with Crippen molar-refractivity contribution in [3.8, 4) is 0 Å². The number of nitrogens with one attached hydrogen (secondary N) is 1. The van der Waals surface area contributed by atoms with Crippen LogP contribution in [0.15, 0.2) is 0 Å². The fourth-order valence-electron chi connectivity index (χ4n) is 4.42. The van der Waals surface area contributed by atoms with Gasteiger partial charge in [0.2, 0.25) is 5.91 Å². The molecule has 1 spiro atoms. The first kappa shape index (κ1) is 19.9. The van der Waals surface area contributed by atoms with Crippen molar-refractivity contribution in [2.75, 3.05) is 19.6 Å². The largest absolute Gasteiger partial charge is 0.443 e. The van der Waals surface area contributed by atoms with E-state index in [9.17, 15) is 9.59 Å². The standard InChI is InChI=1S/C18H28ClNO6/c1-10(2)5-6-12-17(3,26-12)15-14(23-4)11(7-18(15)9-24-18)25-16(22)20-13(21)8-19/h10-12,14-15H,5-9H2,1-4H3,(H,20,21,22)/t11-,12-,14-,15-,17-,18+/m1/s1. The Hall–Kier alpha value is -0.890. The monoisotopic (exact) mass is 389 g/mol. The maximum Gasteiger partial charge on any atom is 0.414 e. The fourth-order valence-corrected chi connectivity index (χ4v) is 4.49. The summed E-state index contributed by atoms with van der Waals surface area (Å²) in [5.74, 6) is -0.287. The molecule has 148 valence electrons. The predicted octanol–water partition coefficient (Wildman–Crippen LogP) is 2.24. The minimum Gasteiger partial charge on any atom is -0.443 e. The smallest absolute Gasteiger partial charge is 0.414 e. The molecule has 0 bridgehead atoms. The van der Waals surface area contributed by atoms with Gasteiger partial charge in [-0.25, -0.2) is 4.79 Å². The third kappa shape index (κ3) is 3.72. The molecule has 2 amide bonds. The zero-order valence-electron chi connectivity index (χ0n) is 15.7. The molecule has 1 aliphatic carbocycles.